The molecule has 3 N–H and O–H groups in total. The molecule has 136 valence electrons. The first-order valence-corrected chi connectivity index (χ1v) is 9.26. The number of hydrogen-bond donors (Lipinski definition) is 3. The molecule has 0 aliphatic carbocycles. The van der Waals surface area contributed by atoms with Crippen LogP contribution in [0, 0.1) is 0 Å². The van der Waals surface area contributed by atoms with E-state index in [1.54, 1.807) is 28.4 Å². The number of hydrazine groups is 2. The van der Waals surface area contributed by atoms with Crippen molar-refractivity contribution in [3.8, 4) is 11.3 Å². The van der Waals surface area contributed by atoms with Crippen LogP contribution >= 0.6 is 11.3 Å². The second-order valence-corrected chi connectivity index (χ2v) is 7.10. The average Bonchev–Trinajstić information content (AvgIpc) is 3.40. The zero-order valence-electron chi connectivity index (χ0n) is 14.2. The summed E-state index contributed by atoms with van der Waals surface area (Å²) < 4.78 is 1.70. The Morgan fingerprint density at radius 2 is 2.15 bits per heavy atom. The topological polar surface area (TPSA) is 104 Å². The second-order valence-electron chi connectivity index (χ2n) is 6.04. The van der Waals surface area contributed by atoms with Crippen LogP contribution in [-0.2, 0) is 13.1 Å². The van der Waals surface area contributed by atoms with Crippen LogP contribution in [0.1, 0.15) is 5.01 Å². The van der Waals surface area contributed by atoms with Gasteiger partial charge in [0.2, 0.25) is 0 Å². The number of fused-ring (bicyclic) bond motifs is 2. The van der Waals surface area contributed by atoms with Gasteiger partial charge in [0, 0.05) is 18.0 Å². The van der Waals surface area contributed by atoms with E-state index in [1.807, 2.05) is 35.5 Å². The number of thiazole rings is 1. The van der Waals surface area contributed by atoms with Crippen molar-refractivity contribution in [2.24, 2.45) is 0 Å². The quantitative estimate of drug-likeness (QED) is 0.481. The number of rotatable bonds is 5. The summed E-state index contributed by atoms with van der Waals surface area (Å²) in [5, 5.41) is 16.2. The molecule has 1 aliphatic heterocycles. The molecule has 0 unspecified atom stereocenters. The van der Waals surface area contributed by atoms with E-state index in [9.17, 15) is 0 Å². The summed E-state index contributed by atoms with van der Waals surface area (Å²) in [5.41, 5.74) is 9.79. The molecule has 5 rings (SSSR count). The molecule has 0 bridgehead atoms. The van der Waals surface area contributed by atoms with E-state index in [-0.39, 0.29) is 6.61 Å². The van der Waals surface area contributed by atoms with Crippen LogP contribution in [0.3, 0.4) is 0 Å². The van der Waals surface area contributed by atoms with Crippen LogP contribution in [-0.4, -0.2) is 36.4 Å². The van der Waals surface area contributed by atoms with Crippen molar-refractivity contribution in [1.29, 1.82) is 0 Å². The van der Waals surface area contributed by atoms with Crippen LogP contribution in [0.4, 0.5) is 11.5 Å². The van der Waals surface area contributed by atoms with Crippen molar-refractivity contribution < 1.29 is 5.11 Å². The fraction of sp³-hybridized carbons (Fsp3) is 0.176. The van der Waals surface area contributed by atoms with E-state index in [0.29, 0.717) is 13.1 Å². The van der Waals surface area contributed by atoms with Gasteiger partial charge in [-0.1, -0.05) is 11.3 Å². The van der Waals surface area contributed by atoms with Crippen molar-refractivity contribution in [1.82, 2.24) is 30.3 Å². The Labute approximate surface area is 158 Å². The summed E-state index contributed by atoms with van der Waals surface area (Å²) in [6.07, 6.45) is 5.41. The Balaban J connectivity index is 1.43. The van der Waals surface area contributed by atoms with Crippen LogP contribution in [0.5, 0.6) is 0 Å². The fourth-order valence-corrected chi connectivity index (χ4v) is 3.84. The monoisotopic (exact) mass is 380 g/mol. The summed E-state index contributed by atoms with van der Waals surface area (Å²) >= 11 is 1.57. The van der Waals surface area contributed by atoms with Gasteiger partial charge in [0.05, 0.1) is 37.3 Å². The number of nitrogens with zero attached hydrogens (tertiary/aromatic N) is 6. The fourth-order valence-electron chi connectivity index (χ4n) is 2.95. The molecule has 0 atom stereocenters. The normalized spacial score (nSPS) is 13.1. The molecule has 5 heterocycles. The third kappa shape index (κ3) is 2.99. The number of nitrogens with one attached hydrogen (secondary N) is 2. The average molecular weight is 380 g/mol. The van der Waals surface area contributed by atoms with Gasteiger partial charge in [-0.05, 0) is 24.3 Å². The SMILES string of the molecule is OCCn1cc(-c2ccc3c(n2)N(Cc2nc4cccnc4s2)NN3)cn1. The lowest BCUT2D eigenvalue weighted by atomic mass is 10.2. The van der Waals surface area contributed by atoms with E-state index in [4.69, 9.17) is 10.1 Å². The molecule has 0 saturated carbocycles. The summed E-state index contributed by atoms with van der Waals surface area (Å²) in [6.45, 7) is 1.09. The molecule has 10 heteroatoms. The molecule has 0 radical (unpaired) electrons. The molecule has 0 amide bonds. The van der Waals surface area contributed by atoms with Gasteiger partial charge in [0.15, 0.2) is 5.82 Å². The minimum atomic E-state index is 0.0530. The summed E-state index contributed by atoms with van der Waals surface area (Å²) in [5.74, 6) is 0.801. The molecule has 9 nitrogen and oxygen atoms in total. The highest BCUT2D eigenvalue weighted by molar-refractivity contribution is 7.18. The maximum absolute atomic E-state index is 9.04. The van der Waals surface area contributed by atoms with Gasteiger partial charge < -0.3 is 10.5 Å². The van der Waals surface area contributed by atoms with Crippen LogP contribution in [0.15, 0.2) is 42.9 Å². The summed E-state index contributed by atoms with van der Waals surface area (Å²) in [7, 11) is 0. The lowest BCUT2D eigenvalue weighted by Crippen LogP contribution is -2.35. The van der Waals surface area contributed by atoms with Gasteiger partial charge in [-0.25, -0.2) is 15.0 Å². The second kappa shape index (κ2) is 6.58. The predicted molar refractivity (Wildman–Crippen MR) is 103 cm³/mol. The molecule has 27 heavy (non-hydrogen) atoms. The van der Waals surface area contributed by atoms with Gasteiger partial charge in [-0.3, -0.25) is 9.69 Å². The first-order chi connectivity index (χ1) is 13.3. The Morgan fingerprint density at radius 3 is 3.04 bits per heavy atom. The van der Waals surface area contributed by atoms with E-state index in [1.165, 1.54) is 0 Å². The summed E-state index contributed by atoms with van der Waals surface area (Å²) in [6, 6.07) is 7.78. The zero-order chi connectivity index (χ0) is 18.2. The highest BCUT2D eigenvalue weighted by Gasteiger charge is 2.22. The van der Waals surface area contributed by atoms with E-state index < -0.39 is 0 Å². The van der Waals surface area contributed by atoms with E-state index in [2.05, 4.69) is 26.0 Å². The lowest BCUT2D eigenvalue weighted by Gasteiger charge is -2.15. The molecule has 0 aromatic carbocycles. The first kappa shape index (κ1) is 16.1. The lowest BCUT2D eigenvalue weighted by molar-refractivity contribution is 0.269. The number of pyridine rings is 2. The maximum Gasteiger partial charge on any atom is 0.170 e. The van der Waals surface area contributed by atoms with Gasteiger partial charge >= 0.3 is 0 Å². The van der Waals surface area contributed by atoms with Gasteiger partial charge in [0.1, 0.15) is 15.4 Å². The number of anilines is 2. The van der Waals surface area contributed by atoms with E-state index >= 15 is 0 Å². The molecule has 0 fully saturated rings. The third-order valence-electron chi connectivity index (χ3n) is 4.22. The van der Waals surface area contributed by atoms with Crippen molar-refractivity contribution >= 4 is 33.2 Å². The first-order valence-electron chi connectivity index (χ1n) is 8.44. The molecule has 4 aromatic heterocycles. The third-order valence-corrected chi connectivity index (χ3v) is 5.18. The number of aromatic nitrogens is 5. The van der Waals surface area contributed by atoms with Crippen LogP contribution in [0.2, 0.25) is 0 Å². The minimum absolute atomic E-state index is 0.0530. The highest BCUT2D eigenvalue weighted by Crippen LogP contribution is 2.32. The molecule has 1 aliphatic rings. The van der Waals surface area contributed by atoms with Crippen molar-refractivity contribution in [2.45, 2.75) is 13.1 Å². The largest absolute Gasteiger partial charge is 0.394 e. The van der Waals surface area contributed by atoms with Crippen molar-refractivity contribution in [3.05, 3.63) is 47.9 Å². The predicted octanol–water partition coefficient (Wildman–Crippen LogP) is 1.79. The Kier molecular flexibility index (Phi) is 3.93. The number of hydrogen-bond acceptors (Lipinski definition) is 9. The maximum atomic E-state index is 9.04. The van der Waals surface area contributed by atoms with Crippen molar-refractivity contribution in [2.75, 3.05) is 17.0 Å². The van der Waals surface area contributed by atoms with Gasteiger partial charge in [-0.2, -0.15) is 5.10 Å². The van der Waals surface area contributed by atoms with Crippen molar-refractivity contribution in [3.63, 3.8) is 0 Å². The molecule has 0 spiro atoms. The zero-order valence-corrected chi connectivity index (χ0v) is 15.0. The van der Waals surface area contributed by atoms with Gasteiger partial charge in [-0.15, -0.1) is 5.53 Å². The Morgan fingerprint density at radius 1 is 1.19 bits per heavy atom. The number of aliphatic hydroxyl groups is 1. The molecular weight excluding hydrogens is 364 g/mol. The van der Waals surface area contributed by atoms with Crippen LogP contribution in [0.25, 0.3) is 21.6 Å². The molecule has 0 saturated heterocycles. The number of aliphatic hydroxyl groups excluding tert-OH is 1. The van der Waals surface area contributed by atoms with Gasteiger partial charge in [0.25, 0.3) is 0 Å². The van der Waals surface area contributed by atoms with Crippen LogP contribution < -0.4 is 16.0 Å². The minimum Gasteiger partial charge on any atom is -0.394 e. The van der Waals surface area contributed by atoms with E-state index in [0.717, 1.165) is 38.1 Å². The smallest absolute Gasteiger partial charge is 0.170 e. The summed E-state index contributed by atoms with van der Waals surface area (Å²) in [4.78, 5) is 14.7. The molecule has 4 aromatic rings. The standard InChI is InChI=1S/C17H16N8OS/c26-7-6-24-9-11(8-19-24)12-3-4-13-16(21-12)25(23-22-13)10-15-20-14-2-1-5-18-17(14)27-15/h1-5,8-9,22-23,26H,6-7,10H2. The Hall–Kier alpha value is -3.08. The highest BCUT2D eigenvalue weighted by atomic mass is 32.1. The molecular formula is C17H16N8OS. The Bertz CT molecular complexity index is 1070.